The Balaban J connectivity index is 2.21. The molecule has 1 atom stereocenters. The van der Waals surface area contributed by atoms with Gasteiger partial charge in [-0.05, 0) is 16.7 Å². The van der Waals surface area contributed by atoms with Gasteiger partial charge >= 0.3 is 0 Å². The van der Waals surface area contributed by atoms with Crippen molar-refractivity contribution in [2.75, 3.05) is 12.0 Å². The van der Waals surface area contributed by atoms with E-state index in [4.69, 9.17) is 4.74 Å². The van der Waals surface area contributed by atoms with E-state index in [0.29, 0.717) is 18.8 Å². The number of rotatable bonds is 3. The number of hydrogen-bond acceptors (Lipinski definition) is 4. The maximum atomic E-state index is 11.1. The molecule has 2 rings (SSSR count). The van der Waals surface area contributed by atoms with E-state index in [0.717, 1.165) is 17.4 Å². The highest BCUT2D eigenvalue weighted by atomic mass is 32.2. The van der Waals surface area contributed by atoms with Crippen LogP contribution in [-0.2, 0) is 27.8 Å². The van der Waals surface area contributed by atoms with Gasteiger partial charge in [0.15, 0.2) is 0 Å². The number of fused-ring (bicyclic) bond motifs is 1. The van der Waals surface area contributed by atoms with Gasteiger partial charge in [0, 0.05) is 6.26 Å². The lowest BCUT2D eigenvalue weighted by Gasteiger charge is -2.10. The smallest absolute Gasteiger partial charge is 0.150 e. The summed E-state index contributed by atoms with van der Waals surface area (Å²) >= 11 is 0. The van der Waals surface area contributed by atoms with Gasteiger partial charge in [0.2, 0.25) is 0 Å². The molecule has 1 aromatic carbocycles. The van der Waals surface area contributed by atoms with Crippen LogP contribution in [0.5, 0.6) is 0 Å². The normalized spacial score (nSPS) is 17.1. The van der Waals surface area contributed by atoms with Gasteiger partial charge in [-0.25, -0.2) is 8.42 Å². The van der Waals surface area contributed by atoms with E-state index in [1.54, 1.807) is 6.07 Å². The Morgan fingerprint density at radius 2 is 2.06 bits per heavy atom. The quantitative estimate of drug-likeness (QED) is 0.851. The molecule has 0 aromatic heterocycles. The van der Waals surface area contributed by atoms with Crippen LogP contribution in [0.25, 0.3) is 0 Å². The average molecular weight is 242 g/mol. The molecule has 1 unspecified atom stereocenters. The largest absolute Gasteiger partial charge is 0.387 e. The number of sulfone groups is 1. The van der Waals surface area contributed by atoms with Gasteiger partial charge in [-0.1, -0.05) is 18.2 Å². The summed E-state index contributed by atoms with van der Waals surface area (Å²) in [6.45, 7) is 1.13. The van der Waals surface area contributed by atoms with Gasteiger partial charge in [0.05, 0.1) is 25.1 Å². The Morgan fingerprint density at radius 1 is 1.38 bits per heavy atom. The van der Waals surface area contributed by atoms with Gasteiger partial charge < -0.3 is 9.84 Å². The van der Waals surface area contributed by atoms with Gasteiger partial charge in [-0.3, -0.25) is 0 Å². The van der Waals surface area contributed by atoms with Crippen molar-refractivity contribution in [3.63, 3.8) is 0 Å². The summed E-state index contributed by atoms with van der Waals surface area (Å²) in [6.07, 6.45) is 0.160. The minimum atomic E-state index is -3.17. The van der Waals surface area contributed by atoms with Crippen molar-refractivity contribution >= 4 is 9.84 Å². The van der Waals surface area contributed by atoms with Crippen molar-refractivity contribution < 1.29 is 18.3 Å². The number of benzene rings is 1. The maximum absolute atomic E-state index is 11.1. The molecule has 0 bridgehead atoms. The standard InChI is InChI=1S/C11H14O4S/c1-16(13,14)7-11(12)8-2-3-9-5-15-6-10(9)4-8/h2-4,11-12H,5-7H2,1H3. The Hall–Kier alpha value is -0.910. The van der Waals surface area contributed by atoms with Gasteiger partial charge in [0.1, 0.15) is 9.84 Å². The first-order valence-corrected chi connectivity index (χ1v) is 7.07. The number of aliphatic hydroxyl groups excluding tert-OH is 1. The molecule has 0 spiro atoms. The van der Waals surface area contributed by atoms with Crippen LogP contribution in [0.1, 0.15) is 22.8 Å². The van der Waals surface area contributed by atoms with Crippen LogP contribution in [0.4, 0.5) is 0 Å². The van der Waals surface area contributed by atoms with Crippen LogP contribution in [0.3, 0.4) is 0 Å². The summed E-state index contributed by atoms with van der Waals surface area (Å²) in [5.41, 5.74) is 2.77. The molecule has 1 heterocycles. The first-order valence-electron chi connectivity index (χ1n) is 5.01. The molecule has 0 fully saturated rings. The molecule has 0 aliphatic carbocycles. The van der Waals surface area contributed by atoms with Crippen molar-refractivity contribution in [2.45, 2.75) is 19.3 Å². The van der Waals surface area contributed by atoms with Crippen LogP contribution >= 0.6 is 0 Å². The van der Waals surface area contributed by atoms with Gasteiger partial charge in [0.25, 0.3) is 0 Å². The van der Waals surface area contributed by atoms with E-state index < -0.39 is 15.9 Å². The molecule has 0 radical (unpaired) electrons. The fourth-order valence-corrected chi connectivity index (χ4v) is 2.55. The molecule has 5 heteroatoms. The highest BCUT2D eigenvalue weighted by Gasteiger charge is 2.17. The predicted molar refractivity (Wildman–Crippen MR) is 59.6 cm³/mol. The van der Waals surface area contributed by atoms with E-state index in [1.807, 2.05) is 12.1 Å². The molecule has 1 aliphatic heterocycles. The first-order chi connectivity index (χ1) is 7.46. The molecule has 16 heavy (non-hydrogen) atoms. The Kier molecular flexibility index (Phi) is 3.01. The topological polar surface area (TPSA) is 63.6 Å². The summed E-state index contributed by atoms with van der Waals surface area (Å²) in [7, 11) is -3.17. The van der Waals surface area contributed by atoms with E-state index in [9.17, 15) is 13.5 Å². The predicted octanol–water partition coefficient (Wildman–Crippen LogP) is 0.795. The third kappa shape index (κ3) is 2.61. The van der Waals surface area contributed by atoms with E-state index in [1.165, 1.54) is 0 Å². The Labute approximate surface area is 94.8 Å². The highest BCUT2D eigenvalue weighted by molar-refractivity contribution is 7.90. The number of hydrogen-bond donors (Lipinski definition) is 1. The van der Waals surface area contributed by atoms with Crippen molar-refractivity contribution in [1.82, 2.24) is 0 Å². The highest BCUT2D eigenvalue weighted by Crippen LogP contribution is 2.24. The lowest BCUT2D eigenvalue weighted by Crippen LogP contribution is -2.12. The summed E-state index contributed by atoms with van der Waals surface area (Å²) < 4.78 is 27.4. The molecule has 0 saturated heterocycles. The number of ether oxygens (including phenoxy) is 1. The van der Waals surface area contributed by atoms with E-state index in [-0.39, 0.29) is 5.75 Å². The zero-order chi connectivity index (χ0) is 11.8. The zero-order valence-corrected chi connectivity index (χ0v) is 9.83. The first kappa shape index (κ1) is 11.6. The van der Waals surface area contributed by atoms with Gasteiger partial charge in [-0.15, -0.1) is 0 Å². The van der Waals surface area contributed by atoms with Crippen LogP contribution in [0.2, 0.25) is 0 Å². The maximum Gasteiger partial charge on any atom is 0.150 e. The molecule has 1 aromatic rings. The summed E-state index contributed by atoms with van der Waals surface area (Å²) in [5.74, 6) is -0.243. The molecular formula is C11H14O4S. The average Bonchev–Trinajstić information content (AvgIpc) is 2.61. The Bertz CT molecular complexity index is 493. The number of aliphatic hydroxyl groups is 1. The molecule has 0 amide bonds. The molecule has 1 N–H and O–H groups in total. The Morgan fingerprint density at radius 3 is 2.75 bits per heavy atom. The van der Waals surface area contributed by atoms with Crippen LogP contribution in [0, 0.1) is 0 Å². The van der Waals surface area contributed by atoms with E-state index in [2.05, 4.69) is 0 Å². The van der Waals surface area contributed by atoms with Gasteiger partial charge in [-0.2, -0.15) is 0 Å². The zero-order valence-electron chi connectivity index (χ0n) is 9.01. The fraction of sp³-hybridized carbons (Fsp3) is 0.455. The second kappa shape index (κ2) is 4.16. The molecule has 0 saturated carbocycles. The molecule has 4 nitrogen and oxygen atoms in total. The van der Waals surface area contributed by atoms with Crippen molar-refractivity contribution in [1.29, 1.82) is 0 Å². The lowest BCUT2D eigenvalue weighted by atomic mass is 10.0. The monoisotopic (exact) mass is 242 g/mol. The SMILES string of the molecule is CS(=O)(=O)CC(O)c1ccc2c(c1)COC2. The van der Waals surface area contributed by atoms with Crippen molar-refractivity contribution in [2.24, 2.45) is 0 Å². The molecular weight excluding hydrogens is 228 g/mol. The second-order valence-corrected chi connectivity index (χ2v) is 6.31. The lowest BCUT2D eigenvalue weighted by molar-refractivity contribution is 0.134. The third-order valence-electron chi connectivity index (χ3n) is 2.59. The van der Waals surface area contributed by atoms with Crippen molar-refractivity contribution in [3.05, 3.63) is 34.9 Å². The van der Waals surface area contributed by atoms with Crippen LogP contribution in [-0.4, -0.2) is 25.5 Å². The minimum absolute atomic E-state index is 0.243. The second-order valence-electron chi connectivity index (χ2n) is 4.13. The summed E-state index contributed by atoms with van der Waals surface area (Å²) in [5, 5.41) is 9.77. The third-order valence-corrected chi connectivity index (χ3v) is 3.51. The molecule has 1 aliphatic rings. The molecule has 88 valence electrons. The van der Waals surface area contributed by atoms with Crippen molar-refractivity contribution in [3.8, 4) is 0 Å². The fourth-order valence-electron chi connectivity index (χ4n) is 1.78. The van der Waals surface area contributed by atoms with Crippen LogP contribution < -0.4 is 0 Å². The summed E-state index contributed by atoms with van der Waals surface area (Å²) in [4.78, 5) is 0. The van der Waals surface area contributed by atoms with E-state index >= 15 is 0 Å². The van der Waals surface area contributed by atoms with Crippen LogP contribution in [0.15, 0.2) is 18.2 Å². The summed E-state index contributed by atoms with van der Waals surface area (Å²) in [6, 6.07) is 5.45. The minimum Gasteiger partial charge on any atom is -0.387 e.